The van der Waals surface area contributed by atoms with Crippen molar-refractivity contribution in [1.82, 2.24) is 19.9 Å². The van der Waals surface area contributed by atoms with Gasteiger partial charge < -0.3 is 4.98 Å². The summed E-state index contributed by atoms with van der Waals surface area (Å²) in [6.07, 6.45) is 5.33. The lowest BCUT2D eigenvalue weighted by atomic mass is 10.1. The number of nitrogens with one attached hydrogen (secondary N) is 1. The van der Waals surface area contributed by atoms with Crippen LogP contribution in [0.25, 0.3) is 33.3 Å². The van der Waals surface area contributed by atoms with Gasteiger partial charge in [-0.05, 0) is 18.2 Å². The van der Waals surface area contributed by atoms with Gasteiger partial charge in [-0.3, -0.25) is 9.97 Å². The highest BCUT2D eigenvalue weighted by Gasteiger charge is 2.06. The average molecular weight is 246 g/mol. The fourth-order valence-electron chi connectivity index (χ4n) is 2.21. The molecule has 0 amide bonds. The minimum absolute atomic E-state index is 0.843. The molecule has 0 aliphatic carbocycles. The van der Waals surface area contributed by atoms with Crippen LogP contribution in [-0.2, 0) is 0 Å². The fraction of sp³-hybridized carbons (Fsp3) is 0. The van der Waals surface area contributed by atoms with Crippen molar-refractivity contribution in [3.63, 3.8) is 0 Å². The molecular weight excluding hydrogens is 236 g/mol. The van der Waals surface area contributed by atoms with Crippen LogP contribution in [0.2, 0.25) is 0 Å². The van der Waals surface area contributed by atoms with Crippen LogP contribution in [-0.4, -0.2) is 19.9 Å². The Morgan fingerprint density at radius 3 is 2.89 bits per heavy atom. The fourth-order valence-corrected chi connectivity index (χ4v) is 2.21. The molecule has 0 saturated heterocycles. The highest BCUT2D eigenvalue weighted by atomic mass is 14.9. The number of pyridine rings is 2. The van der Waals surface area contributed by atoms with Crippen molar-refractivity contribution in [2.45, 2.75) is 0 Å². The van der Waals surface area contributed by atoms with Crippen LogP contribution in [0.3, 0.4) is 0 Å². The van der Waals surface area contributed by atoms with Crippen molar-refractivity contribution in [3.05, 3.63) is 55.0 Å². The Morgan fingerprint density at radius 1 is 0.947 bits per heavy atom. The lowest BCUT2D eigenvalue weighted by molar-refractivity contribution is 1.32. The van der Waals surface area contributed by atoms with Crippen molar-refractivity contribution in [1.29, 1.82) is 0 Å². The summed E-state index contributed by atoms with van der Waals surface area (Å²) in [4.78, 5) is 16.3. The van der Waals surface area contributed by atoms with Crippen molar-refractivity contribution in [3.8, 4) is 11.4 Å². The third kappa shape index (κ3) is 1.65. The second-order valence-corrected chi connectivity index (χ2v) is 4.39. The number of hydrogen-bond acceptors (Lipinski definition) is 3. The predicted molar refractivity (Wildman–Crippen MR) is 74.6 cm³/mol. The zero-order valence-electron chi connectivity index (χ0n) is 10.0. The summed E-state index contributed by atoms with van der Waals surface area (Å²) >= 11 is 0. The molecule has 0 aliphatic rings. The molecule has 19 heavy (non-hydrogen) atoms. The molecule has 4 rings (SSSR count). The molecule has 0 bridgehead atoms. The van der Waals surface area contributed by atoms with Gasteiger partial charge in [0.2, 0.25) is 0 Å². The lowest BCUT2D eigenvalue weighted by Gasteiger charge is -1.99. The average Bonchev–Trinajstić information content (AvgIpc) is 2.90. The number of imidazole rings is 1. The molecule has 3 aromatic heterocycles. The van der Waals surface area contributed by atoms with Gasteiger partial charge in [-0.15, -0.1) is 0 Å². The first kappa shape index (κ1) is 10.2. The van der Waals surface area contributed by atoms with E-state index in [2.05, 4.69) is 38.1 Å². The molecule has 4 nitrogen and oxygen atoms in total. The standard InChI is InChI=1S/C15H10N4/c1-2-10-3-4-11(8-13(10)17-6-1)15-18-12-5-7-16-9-14(12)19-15/h1-9H,(H,18,19). The molecule has 0 saturated carbocycles. The predicted octanol–water partition coefficient (Wildman–Crippen LogP) is 3.17. The van der Waals surface area contributed by atoms with Crippen LogP contribution in [0.5, 0.6) is 0 Å². The van der Waals surface area contributed by atoms with Gasteiger partial charge in [0.15, 0.2) is 0 Å². The summed E-state index contributed by atoms with van der Waals surface area (Å²) in [6.45, 7) is 0. The van der Waals surface area contributed by atoms with E-state index < -0.39 is 0 Å². The van der Waals surface area contributed by atoms with Gasteiger partial charge in [0.05, 0.1) is 22.7 Å². The Morgan fingerprint density at radius 2 is 1.95 bits per heavy atom. The maximum atomic E-state index is 4.57. The largest absolute Gasteiger partial charge is 0.337 e. The number of aromatic amines is 1. The molecule has 0 radical (unpaired) electrons. The highest BCUT2D eigenvalue weighted by Crippen LogP contribution is 2.23. The first-order valence-electron chi connectivity index (χ1n) is 6.05. The summed E-state index contributed by atoms with van der Waals surface area (Å²) in [6, 6.07) is 12.0. The molecule has 0 unspecified atom stereocenters. The Kier molecular flexibility index (Phi) is 2.08. The second kappa shape index (κ2) is 3.88. The van der Waals surface area contributed by atoms with E-state index in [1.807, 2.05) is 18.2 Å². The van der Waals surface area contributed by atoms with E-state index in [-0.39, 0.29) is 0 Å². The van der Waals surface area contributed by atoms with Gasteiger partial charge >= 0.3 is 0 Å². The Hall–Kier alpha value is -2.75. The molecule has 0 fully saturated rings. The quantitative estimate of drug-likeness (QED) is 0.561. The van der Waals surface area contributed by atoms with Crippen molar-refractivity contribution in [2.75, 3.05) is 0 Å². The third-order valence-corrected chi connectivity index (χ3v) is 3.16. The van der Waals surface area contributed by atoms with Gasteiger partial charge in [-0.1, -0.05) is 18.2 Å². The molecule has 3 heterocycles. The summed E-state index contributed by atoms with van der Waals surface area (Å²) in [5, 5.41) is 1.13. The maximum absolute atomic E-state index is 4.57. The van der Waals surface area contributed by atoms with E-state index in [4.69, 9.17) is 0 Å². The Bertz CT molecular complexity index is 846. The molecule has 0 atom stereocenters. The second-order valence-electron chi connectivity index (χ2n) is 4.39. The summed E-state index contributed by atoms with van der Waals surface area (Å²) in [7, 11) is 0. The maximum Gasteiger partial charge on any atom is 0.138 e. The number of fused-ring (bicyclic) bond motifs is 2. The van der Waals surface area contributed by atoms with Crippen molar-refractivity contribution < 1.29 is 0 Å². The smallest absolute Gasteiger partial charge is 0.138 e. The first-order valence-corrected chi connectivity index (χ1v) is 6.05. The molecule has 0 aliphatic heterocycles. The molecule has 1 N–H and O–H groups in total. The number of hydrogen-bond donors (Lipinski definition) is 1. The van der Waals surface area contributed by atoms with Crippen LogP contribution in [0.4, 0.5) is 0 Å². The van der Waals surface area contributed by atoms with Crippen LogP contribution in [0, 0.1) is 0 Å². The SMILES string of the molecule is c1cnc2cc(-c3nc4ccncc4[nH]3)ccc2c1. The molecular formula is C15H10N4. The topological polar surface area (TPSA) is 54.5 Å². The normalized spacial score (nSPS) is 11.2. The van der Waals surface area contributed by atoms with Crippen LogP contribution < -0.4 is 0 Å². The third-order valence-electron chi connectivity index (χ3n) is 3.16. The van der Waals surface area contributed by atoms with E-state index >= 15 is 0 Å². The minimum atomic E-state index is 0.843. The molecule has 4 heteroatoms. The summed E-state index contributed by atoms with van der Waals surface area (Å²) in [5.74, 6) is 0.843. The molecule has 90 valence electrons. The van der Waals surface area contributed by atoms with Crippen LogP contribution >= 0.6 is 0 Å². The molecule has 0 spiro atoms. The highest BCUT2D eigenvalue weighted by molar-refractivity contribution is 5.85. The minimum Gasteiger partial charge on any atom is -0.337 e. The van der Waals surface area contributed by atoms with Gasteiger partial charge in [0.25, 0.3) is 0 Å². The number of rotatable bonds is 1. The van der Waals surface area contributed by atoms with Crippen LogP contribution in [0.15, 0.2) is 55.0 Å². The zero-order valence-corrected chi connectivity index (χ0v) is 10.0. The van der Waals surface area contributed by atoms with E-state index in [9.17, 15) is 0 Å². The molecule has 1 aromatic carbocycles. The van der Waals surface area contributed by atoms with Gasteiger partial charge in [-0.25, -0.2) is 4.98 Å². The van der Waals surface area contributed by atoms with Crippen molar-refractivity contribution in [2.24, 2.45) is 0 Å². The summed E-state index contributed by atoms with van der Waals surface area (Å²) < 4.78 is 0. The van der Waals surface area contributed by atoms with E-state index in [1.165, 1.54) is 0 Å². The van der Waals surface area contributed by atoms with Gasteiger partial charge in [0, 0.05) is 23.3 Å². The summed E-state index contributed by atoms with van der Waals surface area (Å²) in [5.41, 5.74) is 3.87. The van der Waals surface area contributed by atoms with E-state index in [1.54, 1.807) is 18.6 Å². The number of benzene rings is 1. The monoisotopic (exact) mass is 246 g/mol. The Labute approximate surface area is 109 Å². The number of H-pyrrole nitrogens is 1. The molecule has 4 aromatic rings. The van der Waals surface area contributed by atoms with Crippen LogP contribution in [0.1, 0.15) is 0 Å². The van der Waals surface area contributed by atoms with Gasteiger partial charge in [-0.2, -0.15) is 0 Å². The Balaban J connectivity index is 1.93. The number of nitrogens with zero attached hydrogens (tertiary/aromatic N) is 3. The van der Waals surface area contributed by atoms with Crippen molar-refractivity contribution >= 4 is 21.9 Å². The first-order chi connectivity index (χ1) is 9.40. The zero-order chi connectivity index (χ0) is 12.7. The van der Waals surface area contributed by atoms with Gasteiger partial charge in [0.1, 0.15) is 5.82 Å². The number of aromatic nitrogens is 4. The van der Waals surface area contributed by atoms with E-state index in [0.717, 1.165) is 33.3 Å². The lowest BCUT2D eigenvalue weighted by Crippen LogP contribution is -1.82. The van der Waals surface area contributed by atoms with E-state index in [0.29, 0.717) is 0 Å².